The van der Waals surface area contributed by atoms with Crippen molar-refractivity contribution >= 4 is 27.3 Å². The number of nitrogens with zero attached hydrogens (tertiary/aromatic N) is 1. The highest BCUT2D eigenvalue weighted by atomic mass is 32.2. The molecule has 1 fully saturated rings. The standard InChI is InChI=1S/C17H20N2O3S2/c20-16(18-13-14-6-2-1-3-7-14)12-15-8-9-17(23-15)24(21,22)19-10-4-5-11-19/h1-3,6-9H,4-5,10-13H2,(H,18,20). The number of thiophene rings is 1. The summed E-state index contributed by atoms with van der Waals surface area (Å²) in [6.07, 6.45) is 2.03. The maximum atomic E-state index is 12.5. The lowest BCUT2D eigenvalue weighted by Gasteiger charge is -2.13. The number of carbonyl (C=O) groups excluding carboxylic acids is 1. The quantitative estimate of drug-likeness (QED) is 0.856. The molecular formula is C17H20N2O3S2. The normalized spacial score (nSPS) is 15.5. The fraction of sp³-hybridized carbons (Fsp3) is 0.353. The molecule has 1 amide bonds. The van der Waals surface area contributed by atoms with Gasteiger partial charge < -0.3 is 5.32 Å². The summed E-state index contributed by atoms with van der Waals surface area (Å²) in [4.78, 5) is 12.8. The van der Waals surface area contributed by atoms with Gasteiger partial charge in [-0.25, -0.2) is 8.42 Å². The van der Waals surface area contributed by atoms with Gasteiger partial charge in [-0.05, 0) is 30.5 Å². The van der Waals surface area contributed by atoms with E-state index in [1.807, 2.05) is 30.3 Å². The van der Waals surface area contributed by atoms with Crippen LogP contribution in [0, 0.1) is 0 Å². The van der Waals surface area contributed by atoms with Gasteiger partial charge in [0.25, 0.3) is 10.0 Å². The number of sulfonamides is 1. The van der Waals surface area contributed by atoms with Gasteiger partial charge in [0.15, 0.2) is 0 Å². The molecule has 1 saturated heterocycles. The lowest BCUT2D eigenvalue weighted by molar-refractivity contribution is -0.120. The van der Waals surface area contributed by atoms with Crippen molar-refractivity contribution in [3.8, 4) is 0 Å². The maximum Gasteiger partial charge on any atom is 0.252 e. The molecule has 0 saturated carbocycles. The van der Waals surface area contributed by atoms with Gasteiger partial charge >= 0.3 is 0 Å². The van der Waals surface area contributed by atoms with Crippen LogP contribution in [0.3, 0.4) is 0 Å². The molecule has 0 unspecified atom stereocenters. The largest absolute Gasteiger partial charge is 0.352 e. The van der Waals surface area contributed by atoms with Crippen LogP contribution < -0.4 is 5.32 Å². The monoisotopic (exact) mass is 364 g/mol. The molecule has 0 radical (unpaired) electrons. The van der Waals surface area contributed by atoms with Gasteiger partial charge in [0, 0.05) is 24.5 Å². The molecule has 1 N–H and O–H groups in total. The lowest BCUT2D eigenvalue weighted by Crippen LogP contribution is -2.27. The summed E-state index contributed by atoms with van der Waals surface area (Å²) < 4.78 is 26.8. The molecule has 3 rings (SSSR count). The number of benzene rings is 1. The zero-order valence-corrected chi connectivity index (χ0v) is 14.9. The summed E-state index contributed by atoms with van der Waals surface area (Å²) >= 11 is 1.19. The molecule has 1 aromatic heterocycles. The Kier molecular flexibility index (Phi) is 5.33. The van der Waals surface area contributed by atoms with Gasteiger partial charge in [0.05, 0.1) is 6.42 Å². The summed E-state index contributed by atoms with van der Waals surface area (Å²) in [6.45, 7) is 1.66. The van der Waals surface area contributed by atoms with Crippen LogP contribution >= 0.6 is 11.3 Å². The Morgan fingerprint density at radius 3 is 2.50 bits per heavy atom. The van der Waals surface area contributed by atoms with Crippen molar-refractivity contribution in [2.75, 3.05) is 13.1 Å². The number of amides is 1. The van der Waals surface area contributed by atoms with E-state index in [1.54, 1.807) is 12.1 Å². The number of hydrogen-bond donors (Lipinski definition) is 1. The molecule has 2 aromatic rings. The van der Waals surface area contributed by atoms with E-state index in [2.05, 4.69) is 5.32 Å². The second kappa shape index (κ2) is 7.46. The summed E-state index contributed by atoms with van der Waals surface area (Å²) in [7, 11) is -3.39. The number of nitrogens with one attached hydrogen (secondary N) is 1. The van der Waals surface area contributed by atoms with Gasteiger partial charge in [-0.2, -0.15) is 4.31 Å². The zero-order valence-electron chi connectivity index (χ0n) is 13.3. The van der Waals surface area contributed by atoms with Gasteiger partial charge in [0.2, 0.25) is 5.91 Å². The molecule has 0 atom stereocenters. The van der Waals surface area contributed by atoms with Crippen LogP contribution in [0.5, 0.6) is 0 Å². The van der Waals surface area contributed by atoms with Crippen molar-refractivity contribution < 1.29 is 13.2 Å². The Morgan fingerprint density at radius 1 is 1.08 bits per heavy atom. The van der Waals surface area contributed by atoms with E-state index < -0.39 is 10.0 Å². The topological polar surface area (TPSA) is 66.5 Å². The minimum Gasteiger partial charge on any atom is -0.352 e. The van der Waals surface area contributed by atoms with Gasteiger partial charge in [-0.3, -0.25) is 4.79 Å². The minimum absolute atomic E-state index is 0.106. The van der Waals surface area contributed by atoms with E-state index >= 15 is 0 Å². The lowest BCUT2D eigenvalue weighted by atomic mass is 10.2. The van der Waals surface area contributed by atoms with Crippen molar-refractivity contribution in [2.45, 2.75) is 30.0 Å². The highest BCUT2D eigenvalue weighted by Gasteiger charge is 2.28. The first-order chi connectivity index (χ1) is 11.6. The average molecular weight is 364 g/mol. The molecule has 0 aliphatic carbocycles. The van der Waals surface area contributed by atoms with Crippen LogP contribution in [-0.4, -0.2) is 31.7 Å². The molecule has 1 aliphatic rings. The highest BCUT2D eigenvalue weighted by Crippen LogP contribution is 2.27. The molecule has 0 bridgehead atoms. The van der Waals surface area contributed by atoms with Crippen LogP contribution in [0.4, 0.5) is 0 Å². The number of carbonyl (C=O) groups is 1. The molecular weight excluding hydrogens is 344 g/mol. The predicted octanol–water partition coefficient (Wildman–Crippen LogP) is 2.39. The van der Waals surface area contributed by atoms with E-state index in [4.69, 9.17) is 0 Å². The average Bonchev–Trinajstić information content (AvgIpc) is 3.26. The minimum atomic E-state index is -3.39. The van der Waals surface area contributed by atoms with E-state index in [-0.39, 0.29) is 12.3 Å². The summed E-state index contributed by atoms with van der Waals surface area (Å²) in [5, 5.41) is 2.86. The van der Waals surface area contributed by atoms with Crippen molar-refractivity contribution in [1.82, 2.24) is 9.62 Å². The van der Waals surface area contributed by atoms with E-state index in [0.29, 0.717) is 23.8 Å². The fourth-order valence-corrected chi connectivity index (χ4v) is 5.69. The fourth-order valence-electron chi connectivity index (χ4n) is 2.66. The first kappa shape index (κ1) is 17.1. The second-order valence-electron chi connectivity index (χ2n) is 5.77. The number of hydrogen-bond acceptors (Lipinski definition) is 4. The summed E-state index contributed by atoms with van der Waals surface area (Å²) in [5.74, 6) is -0.106. The Hall–Kier alpha value is -1.70. The zero-order chi connectivity index (χ0) is 17.0. The van der Waals surface area contributed by atoms with Crippen molar-refractivity contribution in [1.29, 1.82) is 0 Å². The molecule has 5 nitrogen and oxygen atoms in total. The summed E-state index contributed by atoms with van der Waals surface area (Å²) in [6, 6.07) is 13.0. The van der Waals surface area contributed by atoms with Crippen molar-refractivity contribution in [3.63, 3.8) is 0 Å². The molecule has 0 spiro atoms. The van der Waals surface area contributed by atoms with E-state index in [0.717, 1.165) is 23.3 Å². The maximum absolute atomic E-state index is 12.5. The third-order valence-corrected chi connectivity index (χ3v) is 7.41. The Bertz CT molecular complexity index is 794. The van der Waals surface area contributed by atoms with Crippen LogP contribution in [0.25, 0.3) is 0 Å². The van der Waals surface area contributed by atoms with E-state index in [9.17, 15) is 13.2 Å². The van der Waals surface area contributed by atoms with Crippen molar-refractivity contribution in [3.05, 3.63) is 52.9 Å². The molecule has 1 aliphatic heterocycles. The van der Waals surface area contributed by atoms with Gasteiger partial charge in [-0.15, -0.1) is 11.3 Å². The summed E-state index contributed by atoms with van der Waals surface area (Å²) in [5.41, 5.74) is 1.04. The van der Waals surface area contributed by atoms with Gasteiger partial charge in [-0.1, -0.05) is 30.3 Å². The first-order valence-electron chi connectivity index (χ1n) is 7.95. The highest BCUT2D eigenvalue weighted by molar-refractivity contribution is 7.91. The smallest absolute Gasteiger partial charge is 0.252 e. The Labute approximate surface area is 146 Å². The SMILES string of the molecule is O=C(Cc1ccc(S(=O)(=O)N2CCCC2)s1)NCc1ccccc1. The number of rotatable bonds is 6. The van der Waals surface area contributed by atoms with Crippen molar-refractivity contribution in [2.24, 2.45) is 0 Å². The van der Waals surface area contributed by atoms with Crippen LogP contribution in [0.1, 0.15) is 23.3 Å². The van der Waals surface area contributed by atoms with Crippen LogP contribution in [0.15, 0.2) is 46.7 Å². The molecule has 1 aromatic carbocycles. The van der Waals surface area contributed by atoms with Gasteiger partial charge in [0.1, 0.15) is 4.21 Å². The van der Waals surface area contributed by atoms with Crippen LogP contribution in [0.2, 0.25) is 0 Å². The third kappa shape index (κ3) is 4.03. The first-order valence-corrected chi connectivity index (χ1v) is 10.2. The molecule has 24 heavy (non-hydrogen) atoms. The third-order valence-electron chi connectivity index (χ3n) is 3.96. The second-order valence-corrected chi connectivity index (χ2v) is 9.10. The Balaban J connectivity index is 1.58. The molecule has 2 heterocycles. The molecule has 128 valence electrons. The Morgan fingerprint density at radius 2 is 1.79 bits per heavy atom. The predicted molar refractivity (Wildman–Crippen MR) is 94.3 cm³/mol. The molecule has 7 heteroatoms. The van der Waals surface area contributed by atoms with Crippen LogP contribution in [-0.2, 0) is 27.8 Å². The van der Waals surface area contributed by atoms with E-state index in [1.165, 1.54) is 15.6 Å².